The molecule has 0 aromatic carbocycles. The molecule has 4 nitrogen and oxygen atoms in total. The third kappa shape index (κ3) is 3.19. The lowest BCUT2D eigenvalue weighted by molar-refractivity contribution is -0.147. The molecule has 1 heterocycles. The Labute approximate surface area is 105 Å². The van der Waals surface area contributed by atoms with E-state index in [1.807, 2.05) is 11.9 Å². The highest BCUT2D eigenvalue weighted by Crippen LogP contribution is 2.25. The van der Waals surface area contributed by atoms with E-state index in [4.69, 9.17) is 5.73 Å². The van der Waals surface area contributed by atoms with E-state index in [1.54, 1.807) is 0 Å². The molecule has 4 heteroatoms. The van der Waals surface area contributed by atoms with Crippen molar-refractivity contribution in [2.75, 3.05) is 26.7 Å². The molecule has 0 spiro atoms. The number of carbonyl (C=O) groups excluding carboxylic acids is 1. The Balaban J connectivity index is 2.83. The van der Waals surface area contributed by atoms with Crippen molar-refractivity contribution in [3.05, 3.63) is 0 Å². The Morgan fingerprint density at radius 1 is 1.47 bits per heavy atom. The number of nitrogens with zero attached hydrogens (tertiary/aromatic N) is 2. The van der Waals surface area contributed by atoms with Crippen LogP contribution in [0.25, 0.3) is 0 Å². The summed E-state index contributed by atoms with van der Waals surface area (Å²) in [6.45, 7) is 10.9. The van der Waals surface area contributed by atoms with Gasteiger partial charge < -0.3 is 10.6 Å². The third-order valence-corrected chi connectivity index (χ3v) is 3.61. The number of hydrogen-bond acceptors (Lipinski definition) is 3. The summed E-state index contributed by atoms with van der Waals surface area (Å²) in [5, 5.41) is 0. The Morgan fingerprint density at radius 3 is 2.53 bits per heavy atom. The van der Waals surface area contributed by atoms with E-state index in [1.165, 1.54) is 0 Å². The van der Waals surface area contributed by atoms with Gasteiger partial charge in [0.1, 0.15) is 6.04 Å². The first kappa shape index (κ1) is 14.5. The lowest BCUT2D eigenvalue weighted by atomic mass is 9.93. The highest BCUT2D eigenvalue weighted by atomic mass is 16.2. The van der Waals surface area contributed by atoms with Gasteiger partial charge in [-0.25, -0.2) is 0 Å². The summed E-state index contributed by atoms with van der Waals surface area (Å²) in [5.74, 6) is 0.814. The van der Waals surface area contributed by atoms with Gasteiger partial charge in [0.2, 0.25) is 5.91 Å². The second kappa shape index (κ2) is 5.36. The topological polar surface area (TPSA) is 49.6 Å². The van der Waals surface area contributed by atoms with Gasteiger partial charge in [0, 0.05) is 25.7 Å². The first-order valence-electron chi connectivity index (χ1n) is 6.51. The summed E-state index contributed by atoms with van der Waals surface area (Å²) in [6.07, 6.45) is 1.11. The average Bonchev–Trinajstić information content (AvgIpc) is 2.20. The Kier molecular flexibility index (Phi) is 4.55. The minimum absolute atomic E-state index is 0.0155. The van der Waals surface area contributed by atoms with Gasteiger partial charge in [-0.15, -0.1) is 0 Å². The average molecular weight is 241 g/mol. The van der Waals surface area contributed by atoms with E-state index in [2.05, 4.69) is 32.6 Å². The van der Waals surface area contributed by atoms with Crippen LogP contribution in [0.2, 0.25) is 0 Å². The van der Waals surface area contributed by atoms with Gasteiger partial charge >= 0.3 is 0 Å². The van der Waals surface area contributed by atoms with Crippen molar-refractivity contribution < 1.29 is 4.79 Å². The molecule has 2 N–H and O–H groups in total. The van der Waals surface area contributed by atoms with E-state index in [9.17, 15) is 4.79 Å². The van der Waals surface area contributed by atoms with Crippen LogP contribution in [-0.2, 0) is 4.79 Å². The SMILES string of the molecule is CC(C)CCN1C(CN)C(=O)N(C)CC1(C)C. The fraction of sp³-hybridized carbons (Fsp3) is 0.923. The molecule has 1 amide bonds. The van der Waals surface area contributed by atoms with Gasteiger partial charge in [0.05, 0.1) is 0 Å². The second-order valence-corrected chi connectivity index (χ2v) is 6.13. The molecule has 0 aromatic rings. The fourth-order valence-corrected chi connectivity index (χ4v) is 2.64. The molecular formula is C13H27N3O. The normalized spacial score (nSPS) is 25.7. The molecule has 0 bridgehead atoms. The molecule has 1 saturated heterocycles. The maximum Gasteiger partial charge on any atom is 0.241 e. The zero-order chi connectivity index (χ0) is 13.2. The van der Waals surface area contributed by atoms with E-state index >= 15 is 0 Å². The number of likely N-dealkylation sites (N-methyl/N-ethyl adjacent to an activating group) is 1. The largest absolute Gasteiger partial charge is 0.343 e. The summed E-state index contributed by atoms with van der Waals surface area (Å²) < 4.78 is 0. The Morgan fingerprint density at radius 2 is 2.06 bits per heavy atom. The molecule has 0 aliphatic carbocycles. The standard InChI is InChI=1S/C13H27N3O/c1-10(2)6-7-16-11(8-14)12(17)15(5)9-13(16,3)4/h10-11H,6-9,14H2,1-5H3. The van der Waals surface area contributed by atoms with Crippen LogP contribution in [0.3, 0.4) is 0 Å². The quantitative estimate of drug-likeness (QED) is 0.796. The van der Waals surface area contributed by atoms with Gasteiger partial charge in [-0.3, -0.25) is 9.69 Å². The number of amides is 1. The molecule has 1 fully saturated rings. The molecule has 17 heavy (non-hydrogen) atoms. The number of carbonyl (C=O) groups is 1. The van der Waals surface area contributed by atoms with E-state index < -0.39 is 0 Å². The maximum atomic E-state index is 12.1. The van der Waals surface area contributed by atoms with Gasteiger partial charge in [-0.05, 0) is 32.7 Å². The number of rotatable bonds is 4. The minimum atomic E-state index is -0.150. The van der Waals surface area contributed by atoms with Gasteiger partial charge in [-0.1, -0.05) is 13.8 Å². The smallest absolute Gasteiger partial charge is 0.241 e. The predicted molar refractivity (Wildman–Crippen MR) is 70.7 cm³/mol. The molecule has 0 saturated carbocycles. The highest BCUT2D eigenvalue weighted by molar-refractivity contribution is 5.83. The Bertz CT molecular complexity index is 276. The first-order chi connectivity index (χ1) is 7.79. The van der Waals surface area contributed by atoms with Crippen molar-refractivity contribution in [2.45, 2.75) is 45.7 Å². The lowest BCUT2D eigenvalue weighted by Gasteiger charge is -2.50. The maximum absolute atomic E-state index is 12.1. The molecule has 0 radical (unpaired) electrons. The van der Waals surface area contributed by atoms with Crippen molar-refractivity contribution in [1.82, 2.24) is 9.80 Å². The van der Waals surface area contributed by atoms with Crippen LogP contribution in [0.1, 0.15) is 34.1 Å². The van der Waals surface area contributed by atoms with Crippen LogP contribution < -0.4 is 5.73 Å². The van der Waals surface area contributed by atoms with Crippen LogP contribution in [0.5, 0.6) is 0 Å². The zero-order valence-electron chi connectivity index (χ0n) is 11.9. The molecule has 1 aliphatic heterocycles. The van der Waals surface area contributed by atoms with Crippen LogP contribution in [-0.4, -0.2) is 54.0 Å². The Hall–Kier alpha value is -0.610. The van der Waals surface area contributed by atoms with E-state index in [-0.39, 0.29) is 17.5 Å². The van der Waals surface area contributed by atoms with Crippen molar-refractivity contribution in [3.63, 3.8) is 0 Å². The van der Waals surface area contributed by atoms with Gasteiger partial charge in [-0.2, -0.15) is 0 Å². The first-order valence-corrected chi connectivity index (χ1v) is 6.51. The summed E-state index contributed by atoms with van der Waals surface area (Å²) in [7, 11) is 1.87. The molecule has 100 valence electrons. The van der Waals surface area contributed by atoms with Crippen molar-refractivity contribution in [3.8, 4) is 0 Å². The molecule has 1 aliphatic rings. The van der Waals surface area contributed by atoms with Crippen molar-refractivity contribution in [2.24, 2.45) is 11.7 Å². The number of piperazine rings is 1. The van der Waals surface area contributed by atoms with Crippen LogP contribution >= 0.6 is 0 Å². The van der Waals surface area contributed by atoms with Crippen molar-refractivity contribution >= 4 is 5.91 Å². The van der Waals surface area contributed by atoms with E-state index in [0.29, 0.717) is 12.5 Å². The lowest BCUT2D eigenvalue weighted by Crippen LogP contribution is -2.67. The fourth-order valence-electron chi connectivity index (χ4n) is 2.64. The minimum Gasteiger partial charge on any atom is -0.343 e. The van der Waals surface area contributed by atoms with Crippen LogP contribution in [0.4, 0.5) is 0 Å². The van der Waals surface area contributed by atoms with Crippen LogP contribution in [0.15, 0.2) is 0 Å². The predicted octanol–water partition coefficient (Wildman–Crippen LogP) is 0.912. The van der Waals surface area contributed by atoms with Crippen molar-refractivity contribution in [1.29, 1.82) is 0 Å². The molecular weight excluding hydrogens is 214 g/mol. The summed E-state index contributed by atoms with van der Waals surface area (Å²) in [4.78, 5) is 16.2. The summed E-state index contributed by atoms with van der Waals surface area (Å²) in [6, 6.07) is -0.150. The molecule has 0 aromatic heterocycles. The number of hydrogen-bond donors (Lipinski definition) is 1. The van der Waals surface area contributed by atoms with Gasteiger partial charge in [0.15, 0.2) is 0 Å². The van der Waals surface area contributed by atoms with Gasteiger partial charge in [0.25, 0.3) is 0 Å². The molecule has 1 unspecified atom stereocenters. The summed E-state index contributed by atoms with van der Waals surface area (Å²) in [5.41, 5.74) is 5.80. The monoisotopic (exact) mass is 241 g/mol. The second-order valence-electron chi connectivity index (χ2n) is 6.13. The van der Waals surface area contributed by atoms with E-state index in [0.717, 1.165) is 19.5 Å². The van der Waals surface area contributed by atoms with Crippen LogP contribution in [0, 0.1) is 5.92 Å². The highest BCUT2D eigenvalue weighted by Gasteiger charge is 2.42. The molecule has 1 atom stereocenters. The molecule has 1 rings (SSSR count). The third-order valence-electron chi connectivity index (χ3n) is 3.61. The zero-order valence-corrected chi connectivity index (χ0v) is 11.9. The number of nitrogens with two attached hydrogens (primary N) is 1. The summed E-state index contributed by atoms with van der Waals surface area (Å²) >= 11 is 0.